The number of rotatable bonds is 7. The van der Waals surface area contributed by atoms with Gasteiger partial charge in [0.15, 0.2) is 0 Å². The summed E-state index contributed by atoms with van der Waals surface area (Å²) in [6, 6.07) is 25.4. The van der Waals surface area contributed by atoms with Gasteiger partial charge >= 0.3 is 0 Å². The molecular formula is C24H25BrO2. The van der Waals surface area contributed by atoms with E-state index in [-0.39, 0.29) is 0 Å². The molecule has 0 radical (unpaired) electrons. The fourth-order valence-corrected chi connectivity index (χ4v) is 3.51. The van der Waals surface area contributed by atoms with Crippen molar-refractivity contribution < 1.29 is 9.47 Å². The van der Waals surface area contributed by atoms with E-state index in [1.54, 1.807) is 7.11 Å². The Labute approximate surface area is 170 Å². The normalized spacial score (nSPS) is 11.4. The SMILES string of the molecule is COc1ccc(C(OCCBr)(c2ccc(C)cc2)c2ccc(C)cc2)cc1. The Morgan fingerprint density at radius 3 is 1.48 bits per heavy atom. The molecule has 0 atom stereocenters. The lowest BCUT2D eigenvalue weighted by molar-refractivity contribution is 0.0237. The molecule has 3 aromatic carbocycles. The Morgan fingerprint density at radius 2 is 1.11 bits per heavy atom. The molecule has 140 valence electrons. The minimum atomic E-state index is -0.679. The molecule has 0 aliphatic rings. The van der Waals surface area contributed by atoms with Crippen LogP contribution < -0.4 is 4.74 Å². The summed E-state index contributed by atoms with van der Waals surface area (Å²) < 4.78 is 12.0. The average molecular weight is 425 g/mol. The van der Waals surface area contributed by atoms with Gasteiger partial charge in [0.25, 0.3) is 0 Å². The standard InChI is InChI=1S/C24H25BrO2/c1-18-4-8-20(9-5-18)24(27-17-16-25,21-10-6-19(2)7-11-21)22-12-14-23(26-3)15-13-22/h4-15H,16-17H2,1-3H3. The number of aryl methyl sites for hydroxylation is 2. The Hall–Kier alpha value is -2.10. The summed E-state index contributed by atoms with van der Waals surface area (Å²) in [5, 5.41) is 0.766. The molecule has 3 heteroatoms. The maximum absolute atomic E-state index is 6.60. The van der Waals surface area contributed by atoms with E-state index in [4.69, 9.17) is 9.47 Å². The molecule has 0 fully saturated rings. The predicted molar refractivity (Wildman–Crippen MR) is 115 cm³/mol. The van der Waals surface area contributed by atoms with Crippen molar-refractivity contribution in [3.05, 3.63) is 101 Å². The average Bonchev–Trinajstić information content (AvgIpc) is 2.71. The second-order valence-electron chi connectivity index (χ2n) is 6.68. The van der Waals surface area contributed by atoms with Gasteiger partial charge in [0.2, 0.25) is 0 Å². The van der Waals surface area contributed by atoms with E-state index in [1.807, 2.05) is 12.1 Å². The lowest BCUT2D eigenvalue weighted by Gasteiger charge is -2.36. The highest BCUT2D eigenvalue weighted by Gasteiger charge is 2.37. The second-order valence-corrected chi connectivity index (χ2v) is 7.47. The molecule has 0 amide bonds. The maximum Gasteiger partial charge on any atom is 0.143 e. The molecule has 0 saturated carbocycles. The fourth-order valence-electron chi connectivity index (χ4n) is 3.34. The van der Waals surface area contributed by atoms with E-state index in [9.17, 15) is 0 Å². The van der Waals surface area contributed by atoms with Crippen molar-refractivity contribution in [2.24, 2.45) is 0 Å². The van der Waals surface area contributed by atoms with Crippen LogP contribution in [0, 0.1) is 13.8 Å². The van der Waals surface area contributed by atoms with Gasteiger partial charge in [-0.25, -0.2) is 0 Å². The highest BCUT2D eigenvalue weighted by molar-refractivity contribution is 9.09. The van der Waals surface area contributed by atoms with Gasteiger partial charge in [0.05, 0.1) is 13.7 Å². The van der Waals surface area contributed by atoms with E-state index >= 15 is 0 Å². The molecule has 0 N–H and O–H groups in total. The number of alkyl halides is 1. The number of hydrogen-bond acceptors (Lipinski definition) is 2. The minimum Gasteiger partial charge on any atom is -0.497 e. The first-order valence-corrected chi connectivity index (χ1v) is 10.2. The molecule has 2 nitrogen and oxygen atoms in total. The summed E-state index contributed by atoms with van der Waals surface area (Å²) in [5.74, 6) is 0.834. The zero-order valence-electron chi connectivity index (χ0n) is 16.0. The van der Waals surface area contributed by atoms with E-state index < -0.39 is 5.60 Å². The lowest BCUT2D eigenvalue weighted by atomic mass is 9.79. The van der Waals surface area contributed by atoms with Crippen LogP contribution in [0.4, 0.5) is 0 Å². The molecule has 3 aromatic rings. The predicted octanol–water partition coefficient (Wildman–Crippen LogP) is 6.02. The zero-order chi connectivity index (χ0) is 19.3. The summed E-state index contributed by atoms with van der Waals surface area (Å²) in [6.45, 7) is 4.79. The first kappa shape index (κ1) is 19.7. The van der Waals surface area contributed by atoms with Crippen LogP contribution in [-0.4, -0.2) is 19.0 Å². The molecule has 0 aliphatic heterocycles. The van der Waals surface area contributed by atoms with E-state index in [2.05, 4.69) is 90.4 Å². The van der Waals surface area contributed by atoms with Gasteiger partial charge in [-0.05, 0) is 42.7 Å². The summed E-state index contributed by atoms with van der Waals surface area (Å²) in [7, 11) is 1.68. The largest absolute Gasteiger partial charge is 0.497 e. The van der Waals surface area contributed by atoms with Gasteiger partial charge in [-0.2, -0.15) is 0 Å². The summed E-state index contributed by atoms with van der Waals surface area (Å²) in [5.41, 5.74) is 5.09. The van der Waals surface area contributed by atoms with Gasteiger partial charge in [-0.1, -0.05) is 87.7 Å². The number of halogens is 1. The van der Waals surface area contributed by atoms with Gasteiger partial charge in [0.1, 0.15) is 11.4 Å². The van der Waals surface area contributed by atoms with E-state index in [0.29, 0.717) is 6.61 Å². The quantitative estimate of drug-likeness (QED) is 0.341. The van der Waals surface area contributed by atoms with Crippen LogP contribution in [0.2, 0.25) is 0 Å². The molecule has 0 aromatic heterocycles. The molecule has 27 heavy (non-hydrogen) atoms. The Kier molecular flexibility index (Phi) is 6.35. The van der Waals surface area contributed by atoms with Crippen LogP contribution in [0.1, 0.15) is 27.8 Å². The second kappa shape index (κ2) is 8.73. The first-order chi connectivity index (χ1) is 13.1. The molecule has 0 saturated heterocycles. The molecule has 0 aliphatic carbocycles. The van der Waals surface area contributed by atoms with Crippen molar-refractivity contribution in [3.63, 3.8) is 0 Å². The minimum absolute atomic E-state index is 0.591. The molecule has 3 rings (SSSR count). The number of methoxy groups -OCH3 is 1. The smallest absolute Gasteiger partial charge is 0.143 e. The molecule has 0 bridgehead atoms. The van der Waals surface area contributed by atoms with Crippen molar-refractivity contribution in [1.82, 2.24) is 0 Å². The molecule has 0 unspecified atom stereocenters. The Balaban J connectivity index is 2.25. The van der Waals surface area contributed by atoms with Crippen molar-refractivity contribution in [1.29, 1.82) is 0 Å². The highest BCUT2D eigenvalue weighted by atomic mass is 79.9. The first-order valence-electron chi connectivity index (χ1n) is 9.09. The Morgan fingerprint density at radius 1 is 0.704 bits per heavy atom. The third-order valence-corrected chi connectivity index (χ3v) is 5.13. The van der Waals surface area contributed by atoms with Crippen LogP contribution in [-0.2, 0) is 10.3 Å². The van der Waals surface area contributed by atoms with Crippen LogP contribution in [0.3, 0.4) is 0 Å². The van der Waals surface area contributed by atoms with Gasteiger partial charge in [-0.3, -0.25) is 0 Å². The monoisotopic (exact) mass is 424 g/mol. The van der Waals surface area contributed by atoms with Gasteiger partial charge in [-0.15, -0.1) is 0 Å². The van der Waals surface area contributed by atoms with Crippen LogP contribution in [0.5, 0.6) is 5.75 Å². The fraction of sp³-hybridized carbons (Fsp3) is 0.250. The van der Waals surface area contributed by atoms with Crippen LogP contribution in [0.25, 0.3) is 0 Å². The number of ether oxygens (including phenoxy) is 2. The molecule has 0 heterocycles. The van der Waals surface area contributed by atoms with Gasteiger partial charge in [0, 0.05) is 5.33 Å². The summed E-state index contributed by atoms with van der Waals surface area (Å²) >= 11 is 3.52. The third kappa shape index (κ3) is 4.10. The lowest BCUT2D eigenvalue weighted by Crippen LogP contribution is -2.33. The number of hydrogen-bond donors (Lipinski definition) is 0. The summed E-state index contributed by atoms with van der Waals surface area (Å²) in [4.78, 5) is 0. The van der Waals surface area contributed by atoms with Crippen molar-refractivity contribution in [3.8, 4) is 5.75 Å². The Bertz CT molecular complexity index is 807. The van der Waals surface area contributed by atoms with Crippen molar-refractivity contribution in [2.45, 2.75) is 19.4 Å². The topological polar surface area (TPSA) is 18.5 Å². The van der Waals surface area contributed by atoms with Crippen molar-refractivity contribution >= 4 is 15.9 Å². The summed E-state index contributed by atoms with van der Waals surface area (Å²) in [6.07, 6.45) is 0. The molecule has 0 spiro atoms. The third-order valence-electron chi connectivity index (χ3n) is 4.81. The molecular weight excluding hydrogens is 400 g/mol. The van der Waals surface area contributed by atoms with Crippen LogP contribution >= 0.6 is 15.9 Å². The van der Waals surface area contributed by atoms with E-state index in [0.717, 1.165) is 27.8 Å². The van der Waals surface area contributed by atoms with E-state index in [1.165, 1.54) is 11.1 Å². The number of benzene rings is 3. The van der Waals surface area contributed by atoms with Crippen molar-refractivity contribution in [2.75, 3.05) is 19.0 Å². The highest BCUT2D eigenvalue weighted by Crippen LogP contribution is 2.41. The van der Waals surface area contributed by atoms with Gasteiger partial charge < -0.3 is 9.47 Å². The van der Waals surface area contributed by atoms with Crippen LogP contribution in [0.15, 0.2) is 72.8 Å². The maximum atomic E-state index is 6.60. The zero-order valence-corrected chi connectivity index (χ0v) is 17.6.